The first kappa shape index (κ1) is 28.0. The molecule has 0 radical (unpaired) electrons. The number of thioether (sulfide) groups is 1. The van der Waals surface area contributed by atoms with Gasteiger partial charge in [0.25, 0.3) is 11.1 Å². The van der Waals surface area contributed by atoms with Gasteiger partial charge in [0.1, 0.15) is 18.9 Å². The monoisotopic (exact) mass is 597 g/mol. The molecule has 0 atom stereocenters. The summed E-state index contributed by atoms with van der Waals surface area (Å²) < 4.78 is 11.2. The molecule has 3 aromatic rings. The molecule has 2 aliphatic heterocycles. The minimum Gasteiger partial charge on any atom is -0.489 e. The number of carbonyl (C=O) groups is 3. The Morgan fingerprint density at radius 3 is 2.55 bits per heavy atom. The summed E-state index contributed by atoms with van der Waals surface area (Å²) in [6.45, 7) is 2.86. The number of amides is 3. The van der Waals surface area contributed by atoms with Gasteiger partial charge in [-0.2, -0.15) is 0 Å². The standard InChI is InChI=1S/C29H25Cl2N3O5S/c30-21-5-4-20(25(31)16-21)18-39-24-3-1-2-19(14-24)15-26-28(36)34(29(37)40-26)17-27(35)32-22-6-8-23(9-7-22)33-10-12-38-13-11-33/h1-9,14-16H,10-13,17-18H2,(H,32,35)/b26-15+. The lowest BCUT2D eigenvalue weighted by atomic mass is 10.2. The number of ether oxygens (including phenoxy) is 2. The summed E-state index contributed by atoms with van der Waals surface area (Å²) in [6, 6.07) is 19.7. The van der Waals surface area contributed by atoms with Gasteiger partial charge in [0, 0.05) is 40.1 Å². The molecule has 1 N–H and O–H groups in total. The molecule has 0 aliphatic carbocycles. The van der Waals surface area contributed by atoms with E-state index in [0.29, 0.717) is 40.3 Å². The molecule has 0 bridgehead atoms. The van der Waals surface area contributed by atoms with E-state index in [2.05, 4.69) is 10.2 Å². The summed E-state index contributed by atoms with van der Waals surface area (Å²) in [5.41, 5.74) is 3.08. The zero-order valence-corrected chi connectivity index (χ0v) is 23.6. The molecule has 0 aromatic heterocycles. The van der Waals surface area contributed by atoms with E-state index in [9.17, 15) is 14.4 Å². The summed E-state index contributed by atoms with van der Waals surface area (Å²) in [5.74, 6) is -0.413. The number of nitrogens with zero attached hydrogens (tertiary/aromatic N) is 2. The van der Waals surface area contributed by atoms with Crippen LogP contribution in [0.4, 0.5) is 16.2 Å². The normalized spacial score (nSPS) is 16.5. The molecule has 40 heavy (non-hydrogen) atoms. The number of anilines is 2. The lowest BCUT2D eigenvalue weighted by Crippen LogP contribution is -2.36. The second kappa shape index (κ2) is 12.8. The van der Waals surface area contributed by atoms with Crippen LogP contribution < -0.4 is 15.0 Å². The Kier molecular flexibility index (Phi) is 8.96. The van der Waals surface area contributed by atoms with E-state index in [1.54, 1.807) is 60.7 Å². The van der Waals surface area contributed by atoms with E-state index in [4.69, 9.17) is 32.7 Å². The Labute approximate surface area is 245 Å². The minimum absolute atomic E-state index is 0.227. The lowest BCUT2D eigenvalue weighted by molar-refractivity contribution is -0.127. The Bertz CT molecular complexity index is 1460. The molecule has 5 rings (SSSR count). The van der Waals surface area contributed by atoms with Gasteiger partial charge in [0.2, 0.25) is 5.91 Å². The molecule has 0 unspecified atom stereocenters. The molecule has 3 aromatic carbocycles. The van der Waals surface area contributed by atoms with E-state index >= 15 is 0 Å². The Balaban J connectivity index is 1.18. The highest BCUT2D eigenvalue weighted by Crippen LogP contribution is 2.33. The number of morpholine rings is 1. The predicted octanol–water partition coefficient (Wildman–Crippen LogP) is 6.08. The van der Waals surface area contributed by atoms with Crippen molar-refractivity contribution >= 4 is 69.5 Å². The number of benzene rings is 3. The molecular weight excluding hydrogens is 573 g/mol. The van der Waals surface area contributed by atoms with Crippen molar-refractivity contribution in [2.75, 3.05) is 43.1 Å². The van der Waals surface area contributed by atoms with Gasteiger partial charge in [-0.25, -0.2) is 0 Å². The topological polar surface area (TPSA) is 88.2 Å². The van der Waals surface area contributed by atoms with Gasteiger partial charge in [-0.1, -0.05) is 41.4 Å². The van der Waals surface area contributed by atoms with Crippen LogP contribution in [0.5, 0.6) is 5.75 Å². The highest BCUT2D eigenvalue weighted by molar-refractivity contribution is 8.18. The molecule has 2 heterocycles. The highest BCUT2D eigenvalue weighted by atomic mass is 35.5. The zero-order chi connectivity index (χ0) is 28.1. The maximum absolute atomic E-state index is 13.0. The maximum atomic E-state index is 13.0. The Morgan fingerprint density at radius 2 is 1.80 bits per heavy atom. The molecular formula is C29H25Cl2N3O5S. The van der Waals surface area contributed by atoms with Crippen LogP contribution >= 0.6 is 35.0 Å². The largest absolute Gasteiger partial charge is 0.489 e. The summed E-state index contributed by atoms with van der Waals surface area (Å²) in [7, 11) is 0. The molecule has 206 valence electrons. The van der Waals surface area contributed by atoms with Crippen LogP contribution in [-0.2, 0) is 20.9 Å². The molecule has 2 aliphatic rings. The van der Waals surface area contributed by atoms with E-state index in [1.807, 2.05) is 12.1 Å². The van der Waals surface area contributed by atoms with Crippen LogP contribution in [-0.4, -0.2) is 54.8 Å². The molecule has 2 fully saturated rings. The summed E-state index contributed by atoms with van der Waals surface area (Å²) >= 11 is 13.0. The third kappa shape index (κ3) is 6.98. The summed E-state index contributed by atoms with van der Waals surface area (Å²) in [6.07, 6.45) is 1.61. The van der Waals surface area contributed by atoms with Crippen molar-refractivity contribution in [1.29, 1.82) is 0 Å². The van der Waals surface area contributed by atoms with Crippen molar-refractivity contribution in [3.8, 4) is 5.75 Å². The van der Waals surface area contributed by atoms with Crippen LogP contribution in [0, 0.1) is 0 Å². The second-order valence-electron chi connectivity index (χ2n) is 9.06. The smallest absolute Gasteiger partial charge is 0.294 e. The van der Waals surface area contributed by atoms with Crippen molar-refractivity contribution in [1.82, 2.24) is 4.90 Å². The molecule has 0 spiro atoms. The SMILES string of the molecule is O=C(CN1C(=O)S/C(=C/c2cccc(OCc3ccc(Cl)cc3Cl)c2)C1=O)Nc1ccc(N2CCOCC2)cc1. The van der Waals surface area contributed by atoms with Gasteiger partial charge in [-0.15, -0.1) is 0 Å². The van der Waals surface area contributed by atoms with Crippen molar-refractivity contribution < 1.29 is 23.9 Å². The van der Waals surface area contributed by atoms with Crippen LogP contribution in [0.3, 0.4) is 0 Å². The fourth-order valence-corrected chi connectivity index (χ4v) is 5.50. The first-order chi connectivity index (χ1) is 19.4. The van der Waals surface area contributed by atoms with Gasteiger partial charge in [0.15, 0.2) is 0 Å². The first-order valence-electron chi connectivity index (χ1n) is 12.5. The molecule has 0 saturated carbocycles. The van der Waals surface area contributed by atoms with Crippen LogP contribution in [0.15, 0.2) is 71.6 Å². The fourth-order valence-electron chi connectivity index (χ4n) is 4.20. The van der Waals surface area contributed by atoms with Crippen LogP contribution in [0.1, 0.15) is 11.1 Å². The second-order valence-corrected chi connectivity index (χ2v) is 10.9. The minimum atomic E-state index is -0.521. The van der Waals surface area contributed by atoms with Crippen molar-refractivity contribution in [2.45, 2.75) is 6.61 Å². The van der Waals surface area contributed by atoms with Crippen molar-refractivity contribution in [3.05, 3.63) is 92.8 Å². The summed E-state index contributed by atoms with van der Waals surface area (Å²) in [5, 5.41) is 3.30. The molecule has 2 saturated heterocycles. The number of nitrogens with one attached hydrogen (secondary N) is 1. The third-order valence-electron chi connectivity index (χ3n) is 6.27. The summed E-state index contributed by atoms with van der Waals surface area (Å²) in [4.78, 5) is 41.5. The highest BCUT2D eigenvalue weighted by Gasteiger charge is 2.36. The van der Waals surface area contributed by atoms with Gasteiger partial charge < -0.3 is 19.7 Å². The molecule has 11 heteroatoms. The third-order valence-corrected chi connectivity index (χ3v) is 7.76. The average molecular weight is 599 g/mol. The maximum Gasteiger partial charge on any atom is 0.294 e. The van der Waals surface area contributed by atoms with Crippen LogP contribution in [0.25, 0.3) is 6.08 Å². The van der Waals surface area contributed by atoms with Crippen molar-refractivity contribution in [3.63, 3.8) is 0 Å². The molecule has 8 nitrogen and oxygen atoms in total. The number of hydrogen-bond donors (Lipinski definition) is 1. The number of halogens is 2. The predicted molar refractivity (Wildman–Crippen MR) is 158 cm³/mol. The molecule has 3 amide bonds. The number of carbonyl (C=O) groups excluding carboxylic acids is 3. The number of rotatable bonds is 8. The van der Waals surface area contributed by atoms with E-state index in [0.717, 1.165) is 41.0 Å². The van der Waals surface area contributed by atoms with Gasteiger partial charge in [0.05, 0.1) is 18.1 Å². The fraction of sp³-hybridized carbons (Fsp3) is 0.207. The zero-order valence-electron chi connectivity index (χ0n) is 21.3. The lowest BCUT2D eigenvalue weighted by Gasteiger charge is -2.28. The average Bonchev–Trinajstić information content (AvgIpc) is 3.21. The van der Waals surface area contributed by atoms with Gasteiger partial charge >= 0.3 is 0 Å². The van der Waals surface area contributed by atoms with Crippen LogP contribution in [0.2, 0.25) is 10.0 Å². The quantitative estimate of drug-likeness (QED) is 0.315. The van der Waals surface area contributed by atoms with Gasteiger partial charge in [-0.05, 0) is 71.9 Å². The van der Waals surface area contributed by atoms with Crippen molar-refractivity contribution in [2.24, 2.45) is 0 Å². The van der Waals surface area contributed by atoms with E-state index in [-0.39, 0.29) is 18.1 Å². The van der Waals surface area contributed by atoms with E-state index < -0.39 is 17.1 Å². The first-order valence-corrected chi connectivity index (χ1v) is 14.1. The van der Waals surface area contributed by atoms with Gasteiger partial charge in [-0.3, -0.25) is 19.3 Å². The Hall–Kier alpha value is -3.50. The van der Waals surface area contributed by atoms with E-state index in [1.165, 1.54) is 0 Å². The number of imide groups is 1. The Morgan fingerprint density at radius 1 is 1.02 bits per heavy atom. The number of hydrogen-bond acceptors (Lipinski definition) is 7.